The van der Waals surface area contributed by atoms with Crippen LogP contribution in [0.15, 0.2) is 54.7 Å². The maximum absolute atomic E-state index is 12.1. The third kappa shape index (κ3) is 4.75. The fourth-order valence-electron chi connectivity index (χ4n) is 2.85. The summed E-state index contributed by atoms with van der Waals surface area (Å²) in [5.74, 6) is -1.07. The number of ether oxygens (including phenoxy) is 1. The smallest absolute Gasteiger partial charge is 0.331 e. The number of hydrogen-bond donors (Lipinski definition) is 1. The minimum absolute atomic E-state index is 0.402. The highest BCUT2D eigenvalue weighted by Crippen LogP contribution is 2.27. The van der Waals surface area contributed by atoms with Gasteiger partial charge in [0.1, 0.15) is 0 Å². The topological polar surface area (TPSA) is 68.3 Å². The van der Waals surface area contributed by atoms with Crippen LogP contribution in [0.25, 0.3) is 17.0 Å². The third-order valence-corrected chi connectivity index (χ3v) is 4.40. The first-order chi connectivity index (χ1) is 13.4. The van der Waals surface area contributed by atoms with Gasteiger partial charge in [-0.25, -0.2) is 4.79 Å². The maximum atomic E-state index is 12.1. The Balaban J connectivity index is 1.60. The second kappa shape index (κ2) is 8.67. The molecule has 1 aromatic heterocycles. The molecule has 0 unspecified atom stereocenters. The van der Waals surface area contributed by atoms with Crippen LogP contribution in [0.1, 0.15) is 16.7 Å². The zero-order valence-corrected chi connectivity index (χ0v) is 16.3. The predicted octanol–water partition coefficient (Wildman–Crippen LogP) is 4.70. The molecule has 0 spiro atoms. The quantitative estimate of drug-likeness (QED) is 0.503. The highest BCUT2D eigenvalue weighted by Gasteiger charge is 2.11. The minimum atomic E-state index is -0.616. The lowest BCUT2D eigenvalue weighted by molar-refractivity contribution is -0.142. The first-order valence-electron chi connectivity index (χ1n) is 8.69. The number of anilines is 1. The number of carbonyl (C=O) groups excluding carboxylic acids is 2. The van der Waals surface area contributed by atoms with Crippen LogP contribution in [-0.4, -0.2) is 23.5 Å². The molecule has 3 aromatic rings. The maximum Gasteiger partial charge on any atom is 0.331 e. The van der Waals surface area contributed by atoms with Crippen LogP contribution >= 0.6 is 11.6 Å². The lowest BCUT2D eigenvalue weighted by atomic mass is 10.1. The molecule has 6 heteroatoms. The molecule has 1 N–H and O–H groups in total. The molecule has 3 rings (SSSR count). The van der Waals surface area contributed by atoms with Gasteiger partial charge in [0, 0.05) is 23.2 Å². The average Bonchev–Trinajstić information content (AvgIpc) is 2.67. The number of pyridine rings is 1. The lowest BCUT2D eigenvalue weighted by Crippen LogP contribution is -2.20. The number of rotatable bonds is 5. The van der Waals surface area contributed by atoms with Crippen LogP contribution in [0.2, 0.25) is 5.02 Å². The molecule has 0 radical (unpaired) electrons. The summed E-state index contributed by atoms with van der Waals surface area (Å²) in [5.41, 5.74) is 3.94. The number of esters is 1. The Hall–Kier alpha value is -3.18. The van der Waals surface area contributed by atoms with Gasteiger partial charge in [-0.1, -0.05) is 41.9 Å². The van der Waals surface area contributed by atoms with Gasteiger partial charge in [-0.2, -0.15) is 0 Å². The van der Waals surface area contributed by atoms with E-state index in [-0.39, 0.29) is 0 Å². The monoisotopic (exact) mass is 394 g/mol. The van der Waals surface area contributed by atoms with Gasteiger partial charge in [0.2, 0.25) is 0 Å². The van der Waals surface area contributed by atoms with Crippen molar-refractivity contribution in [3.05, 3.63) is 76.5 Å². The van der Waals surface area contributed by atoms with Crippen molar-refractivity contribution in [3.8, 4) is 0 Å². The summed E-state index contributed by atoms with van der Waals surface area (Å²) < 4.78 is 5.01. The molecule has 0 aliphatic heterocycles. The summed E-state index contributed by atoms with van der Waals surface area (Å²) in [6.07, 6.45) is 4.60. The summed E-state index contributed by atoms with van der Waals surface area (Å²) in [5, 5.41) is 4.10. The summed E-state index contributed by atoms with van der Waals surface area (Å²) in [4.78, 5) is 28.3. The number of amides is 1. The summed E-state index contributed by atoms with van der Waals surface area (Å²) in [7, 11) is 0. The normalized spacial score (nSPS) is 11.0. The Morgan fingerprint density at radius 2 is 1.96 bits per heavy atom. The zero-order valence-electron chi connectivity index (χ0n) is 15.5. The molecule has 1 heterocycles. The second-order valence-corrected chi connectivity index (χ2v) is 6.76. The molecule has 0 saturated heterocycles. The summed E-state index contributed by atoms with van der Waals surface area (Å²) >= 11 is 6.17. The van der Waals surface area contributed by atoms with Crippen LogP contribution in [-0.2, 0) is 14.3 Å². The lowest BCUT2D eigenvalue weighted by Gasteiger charge is -2.11. The number of fused-ring (bicyclic) bond motifs is 1. The van der Waals surface area contributed by atoms with Crippen LogP contribution in [0, 0.1) is 13.8 Å². The van der Waals surface area contributed by atoms with E-state index in [9.17, 15) is 9.59 Å². The van der Waals surface area contributed by atoms with E-state index in [0.717, 1.165) is 27.6 Å². The first kappa shape index (κ1) is 19.6. The molecule has 0 fully saturated rings. The average molecular weight is 395 g/mol. The number of nitrogens with one attached hydrogen (secondary N) is 1. The minimum Gasteiger partial charge on any atom is -0.452 e. The van der Waals surface area contributed by atoms with Crippen LogP contribution in [0.3, 0.4) is 0 Å². The van der Waals surface area contributed by atoms with Crippen LogP contribution in [0.4, 0.5) is 5.69 Å². The third-order valence-electron chi connectivity index (χ3n) is 4.10. The molecule has 2 aromatic carbocycles. The Morgan fingerprint density at radius 1 is 1.18 bits per heavy atom. The van der Waals surface area contributed by atoms with Gasteiger partial charge in [0.15, 0.2) is 6.61 Å². The van der Waals surface area contributed by atoms with Crippen LogP contribution in [0.5, 0.6) is 0 Å². The van der Waals surface area contributed by atoms with Gasteiger partial charge in [0.25, 0.3) is 5.91 Å². The van der Waals surface area contributed by atoms with E-state index in [0.29, 0.717) is 10.7 Å². The van der Waals surface area contributed by atoms with E-state index in [2.05, 4.69) is 10.3 Å². The van der Waals surface area contributed by atoms with Crippen molar-refractivity contribution in [2.24, 2.45) is 0 Å². The van der Waals surface area contributed by atoms with E-state index in [4.69, 9.17) is 16.3 Å². The van der Waals surface area contributed by atoms with Gasteiger partial charge >= 0.3 is 5.97 Å². The molecule has 0 aliphatic carbocycles. The highest BCUT2D eigenvalue weighted by atomic mass is 35.5. The van der Waals surface area contributed by atoms with Crippen molar-refractivity contribution in [2.75, 3.05) is 11.9 Å². The van der Waals surface area contributed by atoms with Gasteiger partial charge < -0.3 is 10.1 Å². The molecule has 0 atom stereocenters. The summed E-state index contributed by atoms with van der Waals surface area (Å²) in [6.45, 7) is 3.37. The fraction of sp³-hybridized carbons (Fsp3) is 0.136. The van der Waals surface area contributed by atoms with Gasteiger partial charge in [-0.05, 0) is 43.2 Å². The number of benzene rings is 2. The van der Waals surface area contributed by atoms with E-state index < -0.39 is 18.5 Å². The Kier molecular flexibility index (Phi) is 6.06. The molecule has 1 amide bonds. The largest absolute Gasteiger partial charge is 0.452 e. The van der Waals surface area contributed by atoms with Crippen molar-refractivity contribution < 1.29 is 14.3 Å². The zero-order chi connectivity index (χ0) is 20.1. The summed E-state index contributed by atoms with van der Waals surface area (Å²) in [6, 6.07) is 13.2. The van der Waals surface area contributed by atoms with Crippen molar-refractivity contribution >= 4 is 46.1 Å². The van der Waals surface area contributed by atoms with Crippen molar-refractivity contribution in [1.29, 1.82) is 0 Å². The molecular formula is C22H19ClN2O3. The number of aromatic nitrogens is 1. The first-order valence-corrected chi connectivity index (χ1v) is 9.07. The van der Waals surface area contributed by atoms with Crippen molar-refractivity contribution in [1.82, 2.24) is 4.98 Å². The number of para-hydroxylation sites is 1. The van der Waals surface area contributed by atoms with Crippen LogP contribution < -0.4 is 5.32 Å². The molecule has 0 saturated carbocycles. The van der Waals surface area contributed by atoms with Gasteiger partial charge in [-0.3, -0.25) is 9.78 Å². The molecule has 5 nitrogen and oxygen atoms in total. The Bertz CT molecular complexity index is 1050. The van der Waals surface area contributed by atoms with Gasteiger partial charge in [-0.15, -0.1) is 0 Å². The Morgan fingerprint density at radius 3 is 2.75 bits per heavy atom. The van der Waals surface area contributed by atoms with Crippen molar-refractivity contribution in [2.45, 2.75) is 13.8 Å². The SMILES string of the molecule is Cc1cc(C)c(NC(=O)COC(=O)/C=C\c2cccc3cccnc23)c(Cl)c1. The van der Waals surface area contributed by atoms with E-state index in [1.807, 2.05) is 50.2 Å². The standard InChI is InChI=1S/C22H19ClN2O3/c1-14-11-15(2)21(18(23)12-14)25-19(26)13-28-20(27)9-8-17-6-3-5-16-7-4-10-24-22(16)17/h3-12H,13H2,1-2H3,(H,25,26)/b9-8-. The number of aryl methyl sites for hydroxylation is 2. The fourth-order valence-corrected chi connectivity index (χ4v) is 3.22. The number of halogens is 1. The Labute approximate surface area is 168 Å². The molecule has 0 bridgehead atoms. The van der Waals surface area contributed by atoms with Crippen molar-refractivity contribution in [3.63, 3.8) is 0 Å². The second-order valence-electron chi connectivity index (χ2n) is 6.35. The van der Waals surface area contributed by atoms with E-state index in [1.165, 1.54) is 6.08 Å². The van der Waals surface area contributed by atoms with E-state index >= 15 is 0 Å². The van der Waals surface area contributed by atoms with E-state index in [1.54, 1.807) is 18.3 Å². The molecule has 142 valence electrons. The number of nitrogens with zero attached hydrogens (tertiary/aromatic N) is 1. The highest BCUT2D eigenvalue weighted by molar-refractivity contribution is 6.34. The number of hydrogen-bond acceptors (Lipinski definition) is 4. The number of carbonyl (C=O) groups is 2. The molecule has 28 heavy (non-hydrogen) atoms. The predicted molar refractivity (Wildman–Crippen MR) is 111 cm³/mol. The molecular weight excluding hydrogens is 376 g/mol. The molecule has 0 aliphatic rings. The van der Waals surface area contributed by atoms with Gasteiger partial charge in [0.05, 0.1) is 16.2 Å².